The molecular weight excluding hydrogens is 443 g/mol. The van der Waals surface area contributed by atoms with Crippen molar-refractivity contribution in [3.8, 4) is 0 Å². The number of esters is 1. The zero-order chi connectivity index (χ0) is 25.0. The molecule has 2 aliphatic heterocycles. The highest BCUT2D eigenvalue weighted by Gasteiger charge is 2.54. The van der Waals surface area contributed by atoms with E-state index >= 15 is 0 Å². The number of halogens is 1. The van der Waals surface area contributed by atoms with Crippen LogP contribution in [0.4, 0.5) is 4.39 Å². The number of piperidine rings is 1. The molecule has 3 rings (SSSR count). The normalized spacial score (nSPS) is 25.7. The van der Waals surface area contributed by atoms with Crippen LogP contribution in [0.1, 0.15) is 49.9 Å². The zero-order valence-electron chi connectivity index (χ0n) is 19.8. The van der Waals surface area contributed by atoms with Crippen molar-refractivity contribution in [1.29, 1.82) is 0 Å². The lowest BCUT2D eigenvalue weighted by Gasteiger charge is -2.41. The Kier molecular flexibility index (Phi) is 7.86. The highest BCUT2D eigenvalue weighted by molar-refractivity contribution is 6.13. The van der Waals surface area contributed by atoms with Gasteiger partial charge in [-0.1, -0.05) is 6.58 Å². The Morgan fingerprint density at radius 1 is 1.24 bits per heavy atom. The highest BCUT2D eigenvalue weighted by Crippen LogP contribution is 2.39. The number of ether oxygens (including phenoxy) is 2. The fourth-order valence-electron chi connectivity index (χ4n) is 4.48. The molecule has 0 spiro atoms. The Morgan fingerprint density at radius 2 is 1.85 bits per heavy atom. The Bertz CT molecular complexity index is 970. The Balaban J connectivity index is 1.53. The Morgan fingerprint density at radius 3 is 2.44 bits per heavy atom. The van der Waals surface area contributed by atoms with Crippen molar-refractivity contribution in [2.45, 2.75) is 57.8 Å². The number of ketones is 1. The molecule has 1 unspecified atom stereocenters. The molecular formula is C25H31FN2O6. The number of Topliss-reactive ketones (excluding diaryl/α,β-unsaturated/α-hetero) is 1. The second-order valence-electron chi connectivity index (χ2n) is 8.99. The molecule has 0 aliphatic carbocycles. The lowest BCUT2D eigenvalue weighted by Crippen LogP contribution is -2.55. The number of hydrogen-bond donors (Lipinski definition) is 1. The minimum atomic E-state index is -1.55. The van der Waals surface area contributed by atoms with E-state index in [1.807, 2.05) is 0 Å². The predicted octanol–water partition coefficient (Wildman–Crippen LogP) is 2.42. The molecule has 1 aromatic carbocycles. The third-order valence-electron chi connectivity index (χ3n) is 6.79. The maximum atomic E-state index is 13.0. The molecule has 0 bridgehead atoms. The second kappa shape index (κ2) is 10.5. The smallest absolute Gasteiger partial charge is 0.322 e. The topological polar surface area (TPSA) is 102 Å². The molecule has 2 saturated heterocycles. The quantitative estimate of drug-likeness (QED) is 0.386. The summed E-state index contributed by atoms with van der Waals surface area (Å²) in [5, 5.41) is 2.92. The van der Waals surface area contributed by atoms with Crippen LogP contribution in [-0.2, 0) is 23.9 Å². The number of rotatable bonds is 6. The minimum Gasteiger partial charge on any atom is -0.468 e. The van der Waals surface area contributed by atoms with Crippen molar-refractivity contribution in [3.05, 3.63) is 47.8 Å². The summed E-state index contributed by atoms with van der Waals surface area (Å²) in [6.07, 6.45) is 0.128. The SMILES string of the molecule is C=C1C(=O)[C@](C)(C(=O)OC)C(CCC(=O)N2CCC(NC(=O)c3ccc(F)cc3)CC2)O[C@@H]1C. The van der Waals surface area contributed by atoms with Gasteiger partial charge in [-0.15, -0.1) is 0 Å². The summed E-state index contributed by atoms with van der Waals surface area (Å²) in [5.41, 5.74) is -0.955. The van der Waals surface area contributed by atoms with Gasteiger partial charge in [0.1, 0.15) is 5.82 Å². The average Bonchev–Trinajstić information content (AvgIpc) is 2.84. The van der Waals surface area contributed by atoms with Gasteiger partial charge in [-0.3, -0.25) is 19.2 Å². The van der Waals surface area contributed by atoms with Gasteiger partial charge in [0.2, 0.25) is 5.91 Å². The molecule has 8 nitrogen and oxygen atoms in total. The molecule has 2 amide bonds. The van der Waals surface area contributed by atoms with Crippen LogP contribution >= 0.6 is 0 Å². The molecule has 2 aliphatic rings. The minimum absolute atomic E-state index is 0.0876. The third-order valence-corrected chi connectivity index (χ3v) is 6.79. The van der Waals surface area contributed by atoms with E-state index in [1.165, 1.54) is 38.3 Å². The van der Waals surface area contributed by atoms with Gasteiger partial charge in [-0.2, -0.15) is 0 Å². The molecule has 34 heavy (non-hydrogen) atoms. The van der Waals surface area contributed by atoms with E-state index in [4.69, 9.17) is 9.47 Å². The lowest BCUT2D eigenvalue weighted by molar-refractivity contribution is -0.176. The first-order valence-electron chi connectivity index (χ1n) is 11.4. The lowest BCUT2D eigenvalue weighted by atomic mass is 9.72. The largest absolute Gasteiger partial charge is 0.468 e. The molecule has 184 valence electrons. The standard InChI is InChI=1S/C25H31FN2O6/c1-15-16(2)34-20(25(3,22(15)30)24(32)33-4)9-10-21(29)28-13-11-19(12-14-28)27-23(31)17-5-7-18(26)8-6-17/h5-8,16,19-20H,1,9-14H2,2-4H3,(H,27,31)/t16-,20?,25-/m1/s1. The number of nitrogens with zero attached hydrogens (tertiary/aromatic N) is 1. The summed E-state index contributed by atoms with van der Waals surface area (Å²) in [6, 6.07) is 5.25. The average molecular weight is 475 g/mol. The van der Waals surface area contributed by atoms with Gasteiger partial charge in [0.25, 0.3) is 5.91 Å². The van der Waals surface area contributed by atoms with E-state index in [1.54, 1.807) is 11.8 Å². The maximum Gasteiger partial charge on any atom is 0.322 e. The first kappa shape index (κ1) is 25.6. The Hall–Kier alpha value is -3.07. The van der Waals surface area contributed by atoms with Gasteiger partial charge in [0.15, 0.2) is 11.2 Å². The summed E-state index contributed by atoms with van der Waals surface area (Å²) in [6.45, 7) is 7.85. The fraction of sp³-hybridized carbons (Fsp3) is 0.520. The van der Waals surface area contributed by atoms with E-state index in [0.29, 0.717) is 31.5 Å². The van der Waals surface area contributed by atoms with Crippen LogP contribution in [0.2, 0.25) is 0 Å². The highest BCUT2D eigenvalue weighted by atomic mass is 19.1. The summed E-state index contributed by atoms with van der Waals surface area (Å²) < 4.78 is 23.8. The third kappa shape index (κ3) is 5.19. The first-order chi connectivity index (χ1) is 16.1. The number of benzene rings is 1. The van der Waals surface area contributed by atoms with Crippen LogP contribution in [0.25, 0.3) is 0 Å². The van der Waals surface area contributed by atoms with Gasteiger partial charge in [0.05, 0.1) is 19.3 Å². The molecule has 2 fully saturated rings. The summed E-state index contributed by atoms with van der Waals surface area (Å²) in [5.74, 6) is -1.92. The molecule has 0 radical (unpaired) electrons. The summed E-state index contributed by atoms with van der Waals surface area (Å²) >= 11 is 0. The predicted molar refractivity (Wildman–Crippen MR) is 121 cm³/mol. The van der Waals surface area contributed by atoms with Crippen LogP contribution in [-0.4, -0.2) is 66.9 Å². The van der Waals surface area contributed by atoms with Gasteiger partial charge in [-0.25, -0.2) is 4.39 Å². The van der Waals surface area contributed by atoms with E-state index in [0.717, 1.165) is 0 Å². The fourth-order valence-corrected chi connectivity index (χ4v) is 4.48. The van der Waals surface area contributed by atoms with Crippen molar-refractivity contribution in [1.82, 2.24) is 10.2 Å². The van der Waals surface area contributed by atoms with E-state index < -0.39 is 35.2 Å². The van der Waals surface area contributed by atoms with Crippen LogP contribution in [0.5, 0.6) is 0 Å². The zero-order valence-corrected chi connectivity index (χ0v) is 19.8. The van der Waals surface area contributed by atoms with Gasteiger partial charge in [-0.05, 0) is 57.4 Å². The van der Waals surface area contributed by atoms with Crippen LogP contribution < -0.4 is 5.32 Å². The van der Waals surface area contributed by atoms with Gasteiger partial charge < -0.3 is 19.7 Å². The summed E-state index contributed by atoms with van der Waals surface area (Å²) in [7, 11) is 1.21. The second-order valence-corrected chi connectivity index (χ2v) is 8.99. The van der Waals surface area contributed by atoms with E-state index in [2.05, 4.69) is 11.9 Å². The molecule has 1 aromatic rings. The molecule has 1 N–H and O–H groups in total. The summed E-state index contributed by atoms with van der Waals surface area (Å²) in [4.78, 5) is 52.1. The van der Waals surface area contributed by atoms with E-state index in [-0.39, 0.29) is 36.3 Å². The number of nitrogens with one attached hydrogen (secondary N) is 1. The van der Waals surface area contributed by atoms with Crippen LogP contribution in [0.3, 0.4) is 0 Å². The van der Waals surface area contributed by atoms with Crippen molar-refractivity contribution in [2.75, 3.05) is 20.2 Å². The van der Waals surface area contributed by atoms with Crippen molar-refractivity contribution >= 4 is 23.6 Å². The van der Waals surface area contributed by atoms with Crippen molar-refractivity contribution in [2.24, 2.45) is 5.41 Å². The van der Waals surface area contributed by atoms with Crippen molar-refractivity contribution in [3.63, 3.8) is 0 Å². The van der Waals surface area contributed by atoms with Gasteiger partial charge in [0, 0.05) is 36.7 Å². The number of likely N-dealkylation sites (tertiary alicyclic amines) is 1. The molecule has 0 aromatic heterocycles. The van der Waals surface area contributed by atoms with Crippen LogP contribution in [0, 0.1) is 11.2 Å². The number of carbonyl (C=O) groups is 4. The number of amides is 2. The van der Waals surface area contributed by atoms with E-state index in [9.17, 15) is 23.6 Å². The number of methoxy groups -OCH3 is 1. The van der Waals surface area contributed by atoms with Crippen molar-refractivity contribution < 1.29 is 33.0 Å². The number of carbonyl (C=O) groups excluding carboxylic acids is 4. The monoisotopic (exact) mass is 474 g/mol. The Labute approximate surface area is 198 Å². The maximum absolute atomic E-state index is 13.0. The molecule has 0 saturated carbocycles. The molecule has 3 atom stereocenters. The molecule has 2 heterocycles. The molecule has 9 heteroatoms. The van der Waals surface area contributed by atoms with Crippen LogP contribution in [0.15, 0.2) is 36.4 Å². The first-order valence-corrected chi connectivity index (χ1v) is 11.4. The number of hydrogen-bond acceptors (Lipinski definition) is 6. The van der Waals surface area contributed by atoms with Gasteiger partial charge >= 0.3 is 5.97 Å².